The predicted octanol–water partition coefficient (Wildman–Crippen LogP) is 3.67. The lowest BCUT2D eigenvalue weighted by Gasteiger charge is -2.64. The Bertz CT molecular complexity index is 190. The van der Waals surface area contributed by atoms with E-state index in [0.29, 0.717) is 10.8 Å². The van der Waals surface area contributed by atoms with E-state index in [0.717, 1.165) is 11.8 Å². The van der Waals surface area contributed by atoms with Crippen molar-refractivity contribution in [3.63, 3.8) is 0 Å². The molecule has 3 aliphatic rings. The molecule has 0 aromatic heterocycles. The SMILES string of the molecule is CCC1(C)[CH]CC2CC1C2(C)C. The van der Waals surface area contributed by atoms with E-state index >= 15 is 0 Å². The van der Waals surface area contributed by atoms with Crippen LogP contribution in [0.25, 0.3) is 0 Å². The number of hydrogen-bond donors (Lipinski definition) is 0. The lowest BCUT2D eigenvalue weighted by atomic mass is 9.41. The Morgan fingerprint density at radius 1 is 1.33 bits per heavy atom. The molecule has 0 amide bonds. The van der Waals surface area contributed by atoms with Crippen LogP contribution >= 0.6 is 0 Å². The lowest BCUT2D eigenvalue weighted by molar-refractivity contribution is -0.121. The van der Waals surface area contributed by atoms with E-state index in [-0.39, 0.29) is 0 Å². The minimum atomic E-state index is 0.554. The average Bonchev–Trinajstić information content (AvgIpc) is 2.04. The summed E-state index contributed by atoms with van der Waals surface area (Å²) >= 11 is 0. The van der Waals surface area contributed by atoms with Gasteiger partial charge in [0.25, 0.3) is 0 Å². The summed E-state index contributed by atoms with van der Waals surface area (Å²) in [4.78, 5) is 0. The highest BCUT2D eigenvalue weighted by Crippen LogP contribution is 2.66. The van der Waals surface area contributed by atoms with Crippen molar-refractivity contribution in [3.8, 4) is 0 Å². The van der Waals surface area contributed by atoms with Gasteiger partial charge in [-0.1, -0.05) is 34.1 Å². The molecule has 3 aliphatic carbocycles. The molecular formula is C12H21. The summed E-state index contributed by atoms with van der Waals surface area (Å²) in [5, 5.41) is 0. The van der Waals surface area contributed by atoms with Gasteiger partial charge in [-0.15, -0.1) is 0 Å². The minimum absolute atomic E-state index is 0.554. The highest BCUT2D eigenvalue weighted by molar-refractivity contribution is 5.14. The van der Waals surface area contributed by atoms with E-state index in [4.69, 9.17) is 0 Å². The topological polar surface area (TPSA) is 0 Å². The summed E-state index contributed by atoms with van der Waals surface area (Å²) in [6, 6.07) is 0. The van der Waals surface area contributed by atoms with Gasteiger partial charge in [-0.05, 0) is 41.9 Å². The maximum absolute atomic E-state index is 2.59. The third-order valence-corrected chi connectivity index (χ3v) is 4.90. The molecule has 0 aromatic carbocycles. The fraction of sp³-hybridized carbons (Fsp3) is 0.917. The largest absolute Gasteiger partial charge is 0.0648 e. The van der Waals surface area contributed by atoms with Crippen molar-refractivity contribution in [1.29, 1.82) is 0 Å². The minimum Gasteiger partial charge on any atom is -0.0648 e. The maximum Gasteiger partial charge on any atom is -0.0264 e. The van der Waals surface area contributed by atoms with Crippen LogP contribution in [0.3, 0.4) is 0 Å². The number of fused-ring (bicyclic) bond motifs is 2. The molecule has 0 aromatic rings. The molecule has 69 valence electrons. The molecule has 0 aliphatic heterocycles. The second-order valence-electron chi connectivity index (χ2n) is 5.61. The molecule has 12 heavy (non-hydrogen) atoms. The van der Waals surface area contributed by atoms with Gasteiger partial charge in [-0.2, -0.15) is 0 Å². The first-order chi connectivity index (χ1) is 5.50. The molecular weight excluding hydrogens is 144 g/mol. The molecule has 0 heteroatoms. The van der Waals surface area contributed by atoms with Gasteiger partial charge in [0.05, 0.1) is 0 Å². The van der Waals surface area contributed by atoms with Crippen LogP contribution in [0.15, 0.2) is 0 Å². The maximum atomic E-state index is 2.59. The summed E-state index contributed by atoms with van der Waals surface area (Å²) in [6.45, 7) is 9.72. The number of hydrogen-bond acceptors (Lipinski definition) is 0. The quantitative estimate of drug-likeness (QED) is 0.556. The van der Waals surface area contributed by atoms with E-state index in [1.165, 1.54) is 19.3 Å². The summed E-state index contributed by atoms with van der Waals surface area (Å²) in [7, 11) is 0. The fourth-order valence-electron chi connectivity index (χ4n) is 3.48. The van der Waals surface area contributed by atoms with Crippen LogP contribution in [0, 0.1) is 29.1 Å². The Labute approximate surface area is 76.7 Å². The van der Waals surface area contributed by atoms with Gasteiger partial charge in [0.2, 0.25) is 0 Å². The first kappa shape index (κ1) is 8.59. The zero-order valence-electron chi connectivity index (χ0n) is 8.85. The van der Waals surface area contributed by atoms with Gasteiger partial charge in [0.15, 0.2) is 0 Å². The number of rotatable bonds is 1. The van der Waals surface area contributed by atoms with Crippen molar-refractivity contribution in [2.45, 2.75) is 47.0 Å². The van der Waals surface area contributed by atoms with Crippen molar-refractivity contribution < 1.29 is 0 Å². The van der Waals surface area contributed by atoms with Gasteiger partial charge in [-0.3, -0.25) is 0 Å². The third-order valence-electron chi connectivity index (χ3n) is 4.90. The zero-order chi connectivity index (χ0) is 8.98. The summed E-state index contributed by atoms with van der Waals surface area (Å²) in [6.07, 6.45) is 6.78. The Hall–Kier alpha value is 0. The summed E-state index contributed by atoms with van der Waals surface area (Å²) in [5.41, 5.74) is 1.19. The molecule has 2 bridgehead atoms. The highest BCUT2D eigenvalue weighted by atomic mass is 14.6. The van der Waals surface area contributed by atoms with Crippen molar-refractivity contribution in [2.75, 3.05) is 0 Å². The molecule has 0 saturated heterocycles. The lowest BCUT2D eigenvalue weighted by Crippen LogP contribution is -2.56. The van der Waals surface area contributed by atoms with Crippen LogP contribution < -0.4 is 0 Å². The van der Waals surface area contributed by atoms with Gasteiger partial charge in [-0.25, -0.2) is 0 Å². The van der Waals surface area contributed by atoms with Crippen molar-refractivity contribution in [1.82, 2.24) is 0 Å². The molecule has 0 heterocycles. The van der Waals surface area contributed by atoms with Gasteiger partial charge in [0.1, 0.15) is 0 Å². The average molecular weight is 165 g/mol. The van der Waals surface area contributed by atoms with Crippen LogP contribution in [0.5, 0.6) is 0 Å². The van der Waals surface area contributed by atoms with E-state index in [2.05, 4.69) is 34.1 Å². The first-order valence-electron chi connectivity index (χ1n) is 5.35. The van der Waals surface area contributed by atoms with E-state index < -0.39 is 0 Å². The van der Waals surface area contributed by atoms with Crippen LogP contribution in [0.1, 0.15) is 47.0 Å². The fourth-order valence-corrected chi connectivity index (χ4v) is 3.48. The van der Waals surface area contributed by atoms with Crippen LogP contribution in [-0.4, -0.2) is 0 Å². The molecule has 3 atom stereocenters. The van der Waals surface area contributed by atoms with Crippen LogP contribution in [0.2, 0.25) is 0 Å². The van der Waals surface area contributed by atoms with E-state index in [9.17, 15) is 0 Å². The van der Waals surface area contributed by atoms with E-state index in [1.54, 1.807) is 0 Å². The third kappa shape index (κ3) is 0.843. The molecule has 3 unspecified atom stereocenters. The molecule has 1 radical (unpaired) electrons. The standard InChI is InChI=1S/C12H21/c1-5-12(4)7-6-9-8-10(12)11(9,2)3/h7,9-10H,5-6,8H2,1-4H3. The highest BCUT2D eigenvalue weighted by Gasteiger charge is 2.58. The second kappa shape index (κ2) is 2.27. The normalized spacial score (nSPS) is 50.0. The molecule has 3 fully saturated rings. The van der Waals surface area contributed by atoms with Crippen molar-refractivity contribution >= 4 is 0 Å². The van der Waals surface area contributed by atoms with E-state index in [1.807, 2.05) is 0 Å². The molecule has 3 rings (SSSR count). The van der Waals surface area contributed by atoms with Gasteiger partial charge >= 0.3 is 0 Å². The predicted molar refractivity (Wildman–Crippen MR) is 52.7 cm³/mol. The Morgan fingerprint density at radius 2 is 2.00 bits per heavy atom. The van der Waals surface area contributed by atoms with Crippen LogP contribution in [0.4, 0.5) is 0 Å². The Morgan fingerprint density at radius 3 is 2.33 bits per heavy atom. The molecule has 0 spiro atoms. The zero-order valence-corrected chi connectivity index (χ0v) is 8.85. The Kier molecular flexibility index (Phi) is 1.63. The van der Waals surface area contributed by atoms with Gasteiger partial charge in [0, 0.05) is 0 Å². The van der Waals surface area contributed by atoms with Crippen molar-refractivity contribution in [2.24, 2.45) is 22.7 Å². The molecule has 0 N–H and O–H groups in total. The summed E-state index contributed by atoms with van der Waals surface area (Å²) in [5.74, 6) is 1.97. The summed E-state index contributed by atoms with van der Waals surface area (Å²) < 4.78 is 0. The van der Waals surface area contributed by atoms with Crippen LogP contribution in [-0.2, 0) is 0 Å². The Balaban J connectivity index is 2.21. The first-order valence-corrected chi connectivity index (χ1v) is 5.35. The monoisotopic (exact) mass is 165 g/mol. The van der Waals surface area contributed by atoms with Gasteiger partial charge < -0.3 is 0 Å². The van der Waals surface area contributed by atoms with Crippen molar-refractivity contribution in [3.05, 3.63) is 6.42 Å². The molecule has 0 nitrogen and oxygen atoms in total. The smallest absolute Gasteiger partial charge is 0.0264 e. The molecule has 3 saturated carbocycles. The second-order valence-corrected chi connectivity index (χ2v) is 5.61.